The molecule has 4 rings (SSSR count). The number of oxazole rings is 1. The highest BCUT2D eigenvalue weighted by Gasteiger charge is 2.16. The summed E-state index contributed by atoms with van der Waals surface area (Å²) in [4.78, 5) is 17.1. The average molecular weight is 388 g/mol. The lowest BCUT2D eigenvalue weighted by Crippen LogP contribution is -2.12. The lowest BCUT2D eigenvalue weighted by Gasteiger charge is -2.11. The first-order chi connectivity index (χ1) is 14.0. The van der Waals surface area contributed by atoms with Gasteiger partial charge in [0.2, 0.25) is 5.89 Å². The zero-order chi connectivity index (χ0) is 20.4. The summed E-state index contributed by atoms with van der Waals surface area (Å²) in [6.45, 7) is 4.23. The quantitative estimate of drug-likeness (QED) is 0.461. The van der Waals surface area contributed by atoms with Crippen LogP contribution in [0, 0.1) is 6.92 Å². The van der Waals surface area contributed by atoms with Crippen molar-refractivity contribution in [2.75, 3.05) is 11.9 Å². The van der Waals surface area contributed by atoms with Crippen molar-refractivity contribution in [1.29, 1.82) is 0 Å². The first-order valence-electron chi connectivity index (χ1n) is 9.29. The van der Waals surface area contributed by atoms with Crippen molar-refractivity contribution in [1.82, 2.24) is 4.98 Å². The Morgan fingerprint density at radius 2 is 1.90 bits per heavy atom. The molecule has 29 heavy (non-hydrogen) atoms. The van der Waals surface area contributed by atoms with Crippen molar-refractivity contribution in [3.05, 3.63) is 71.8 Å². The fourth-order valence-corrected chi connectivity index (χ4v) is 3.07. The number of carbonyl (C=O) groups excluding carboxylic acids is 1. The molecule has 0 atom stereocenters. The van der Waals surface area contributed by atoms with E-state index in [1.807, 2.05) is 31.2 Å². The van der Waals surface area contributed by atoms with Crippen LogP contribution in [0.5, 0.6) is 11.5 Å². The van der Waals surface area contributed by atoms with Gasteiger partial charge in [-0.2, -0.15) is 0 Å². The molecule has 4 aromatic rings. The number of fused-ring (bicyclic) bond motifs is 1. The van der Waals surface area contributed by atoms with Crippen molar-refractivity contribution in [3.63, 3.8) is 0 Å². The number of phenols is 1. The zero-order valence-electron chi connectivity index (χ0n) is 16.1. The number of aromatic nitrogens is 1. The summed E-state index contributed by atoms with van der Waals surface area (Å²) in [6.07, 6.45) is 0. The van der Waals surface area contributed by atoms with Gasteiger partial charge in [-0.15, -0.1) is 0 Å². The minimum Gasteiger partial charge on any atom is -0.507 e. The number of aryl methyl sites for hydroxylation is 1. The molecule has 1 heterocycles. The van der Waals surface area contributed by atoms with Crippen molar-refractivity contribution in [2.24, 2.45) is 0 Å². The molecule has 0 spiro atoms. The predicted octanol–water partition coefficient (Wildman–Crippen LogP) is 5.16. The van der Waals surface area contributed by atoms with Crippen LogP contribution in [-0.4, -0.2) is 22.6 Å². The van der Waals surface area contributed by atoms with Crippen LogP contribution in [0.25, 0.3) is 22.6 Å². The number of amides is 1. The van der Waals surface area contributed by atoms with E-state index in [1.54, 1.807) is 43.3 Å². The minimum atomic E-state index is -0.262. The molecule has 2 N–H and O–H groups in total. The molecular weight excluding hydrogens is 368 g/mol. The average Bonchev–Trinajstić information content (AvgIpc) is 3.15. The van der Waals surface area contributed by atoms with E-state index < -0.39 is 0 Å². The number of para-hydroxylation sites is 2. The molecule has 1 aromatic heterocycles. The number of hydrogen-bond donors (Lipinski definition) is 2. The van der Waals surface area contributed by atoms with Crippen molar-refractivity contribution in [2.45, 2.75) is 13.8 Å². The Hall–Kier alpha value is -3.80. The number of anilines is 1. The Morgan fingerprint density at radius 3 is 2.62 bits per heavy atom. The summed E-state index contributed by atoms with van der Waals surface area (Å²) in [5.41, 5.74) is 3.39. The van der Waals surface area contributed by atoms with Crippen LogP contribution in [0.4, 0.5) is 5.69 Å². The molecule has 0 radical (unpaired) electrons. The molecule has 0 saturated carbocycles. The van der Waals surface area contributed by atoms with Crippen LogP contribution >= 0.6 is 0 Å². The number of carbonyl (C=O) groups is 1. The summed E-state index contributed by atoms with van der Waals surface area (Å²) in [6, 6.07) is 17.6. The number of hydrogen-bond acceptors (Lipinski definition) is 5. The Kier molecular flexibility index (Phi) is 4.91. The number of aromatic hydroxyl groups is 1. The molecule has 3 aromatic carbocycles. The maximum absolute atomic E-state index is 12.6. The molecule has 6 nitrogen and oxygen atoms in total. The summed E-state index contributed by atoms with van der Waals surface area (Å²) in [5.74, 6) is 0.809. The van der Waals surface area contributed by atoms with E-state index in [-0.39, 0.29) is 11.7 Å². The van der Waals surface area contributed by atoms with Gasteiger partial charge in [0.05, 0.1) is 12.2 Å². The molecule has 0 aliphatic carbocycles. The topological polar surface area (TPSA) is 84.6 Å². The molecular formula is C23H20N2O4. The van der Waals surface area contributed by atoms with E-state index in [2.05, 4.69) is 10.3 Å². The number of rotatable bonds is 5. The molecule has 0 unspecified atom stereocenters. The first-order valence-corrected chi connectivity index (χ1v) is 9.29. The van der Waals surface area contributed by atoms with E-state index >= 15 is 0 Å². The Labute approximate surface area is 167 Å². The molecule has 6 heteroatoms. The van der Waals surface area contributed by atoms with Crippen molar-refractivity contribution >= 4 is 22.7 Å². The summed E-state index contributed by atoms with van der Waals surface area (Å²) >= 11 is 0. The van der Waals surface area contributed by atoms with Gasteiger partial charge in [0, 0.05) is 11.3 Å². The van der Waals surface area contributed by atoms with E-state index in [9.17, 15) is 9.90 Å². The van der Waals surface area contributed by atoms with E-state index in [1.165, 1.54) is 0 Å². The molecule has 0 bridgehead atoms. The third-order valence-corrected chi connectivity index (χ3v) is 4.51. The Bertz CT molecular complexity index is 1150. The largest absolute Gasteiger partial charge is 0.507 e. The summed E-state index contributed by atoms with van der Waals surface area (Å²) < 4.78 is 11.2. The molecule has 0 saturated heterocycles. The van der Waals surface area contributed by atoms with Crippen LogP contribution in [0.15, 0.2) is 65.1 Å². The van der Waals surface area contributed by atoms with Gasteiger partial charge in [0.25, 0.3) is 5.91 Å². The third-order valence-electron chi connectivity index (χ3n) is 4.51. The van der Waals surface area contributed by atoms with Gasteiger partial charge in [0.15, 0.2) is 5.58 Å². The number of phenolic OH excluding ortho intramolecular Hbond substituents is 1. The zero-order valence-corrected chi connectivity index (χ0v) is 16.1. The monoisotopic (exact) mass is 388 g/mol. The van der Waals surface area contributed by atoms with Crippen LogP contribution < -0.4 is 10.1 Å². The van der Waals surface area contributed by atoms with Gasteiger partial charge >= 0.3 is 0 Å². The van der Waals surface area contributed by atoms with E-state index in [4.69, 9.17) is 9.15 Å². The molecule has 0 aliphatic rings. The number of nitrogens with zero attached hydrogens (tertiary/aromatic N) is 1. The van der Waals surface area contributed by atoms with Gasteiger partial charge in [-0.3, -0.25) is 4.79 Å². The maximum Gasteiger partial charge on any atom is 0.255 e. The summed E-state index contributed by atoms with van der Waals surface area (Å²) in [5, 5.41) is 13.4. The SMILES string of the molecule is CCOc1ccc(C(=O)Nc2cc(C)c(O)c(-c3nc4ccccc4o3)c2)cc1. The van der Waals surface area contributed by atoms with Crippen LogP contribution in [0.3, 0.4) is 0 Å². The van der Waals surface area contributed by atoms with Crippen molar-refractivity contribution < 1.29 is 19.1 Å². The standard InChI is InChI=1S/C23H20N2O4/c1-3-28-17-10-8-15(9-11-17)22(27)24-16-12-14(2)21(26)18(13-16)23-25-19-6-4-5-7-20(19)29-23/h4-13,26H,3H2,1-2H3,(H,24,27). The second-order valence-corrected chi connectivity index (χ2v) is 6.59. The lowest BCUT2D eigenvalue weighted by molar-refractivity contribution is 0.102. The van der Waals surface area contributed by atoms with Gasteiger partial charge in [-0.25, -0.2) is 4.98 Å². The number of benzene rings is 3. The van der Waals surface area contributed by atoms with Crippen LogP contribution in [0.2, 0.25) is 0 Å². The second-order valence-electron chi connectivity index (χ2n) is 6.59. The lowest BCUT2D eigenvalue weighted by atomic mass is 10.1. The maximum atomic E-state index is 12.6. The van der Waals surface area contributed by atoms with Gasteiger partial charge < -0.3 is 19.6 Å². The van der Waals surface area contributed by atoms with Crippen LogP contribution in [-0.2, 0) is 0 Å². The van der Waals surface area contributed by atoms with Gasteiger partial charge in [-0.1, -0.05) is 12.1 Å². The Morgan fingerprint density at radius 1 is 1.14 bits per heavy atom. The van der Waals surface area contributed by atoms with Crippen molar-refractivity contribution in [3.8, 4) is 23.0 Å². The third kappa shape index (κ3) is 3.78. The van der Waals surface area contributed by atoms with Gasteiger partial charge in [-0.05, 0) is 67.9 Å². The molecule has 1 amide bonds. The smallest absolute Gasteiger partial charge is 0.255 e. The molecule has 146 valence electrons. The fraction of sp³-hybridized carbons (Fsp3) is 0.130. The van der Waals surface area contributed by atoms with Gasteiger partial charge in [0.1, 0.15) is 17.0 Å². The molecule has 0 fully saturated rings. The molecule has 0 aliphatic heterocycles. The van der Waals surface area contributed by atoms with E-state index in [0.717, 1.165) is 0 Å². The summed E-state index contributed by atoms with van der Waals surface area (Å²) in [7, 11) is 0. The van der Waals surface area contributed by atoms with E-state index in [0.29, 0.717) is 51.7 Å². The highest BCUT2D eigenvalue weighted by Crippen LogP contribution is 2.36. The number of nitrogens with one attached hydrogen (secondary N) is 1. The second kappa shape index (κ2) is 7.67. The predicted molar refractivity (Wildman–Crippen MR) is 111 cm³/mol. The highest BCUT2D eigenvalue weighted by molar-refractivity contribution is 6.04. The van der Waals surface area contributed by atoms with Crippen LogP contribution in [0.1, 0.15) is 22.8 Å². The normalized spacial score (nSPS) is 10.8. The fourth-order valence-electron chi connectivity index (χ4n) is 3.07. The minimum absolute atomic E-state index is 0.0654. The first kappa shape index (κ1) is 18.6. The highest BCUT2D eigenvalue weighted by atomic mass is 16.5. The Balaban J connectivity index is 1.63. The number of ether oxygens (including phenoxy) is 1.